The molecule has 0 radical (unpaired) electrons. The fourth-order valence-corrected chi connectivity index (χ4v) is 3.31. The lowest BCUT2D eigenvalue weighted by Gasteiger charge is -2.07. The molecule has 0 aliphatic heterocycles. The van der Waals surface area contributed by atoms with E-state index in [0.717, 1.165) is 5.56 Å². The molecule has 0 saturated heterocycles. The molecule has 4 rings (SSSR count). The van der Waals surface area contributed by atoms with Gasteiger partial charge in [-0.1, -0.05) is 36.4 Å². The van der Waals surface area contributed by atoms with Crippen molar-refractivity contribution in [3.63, 3.8) is 0 Å². The standard InChI is InChI=1S/C22H20N2O4/c1-27-21(25)18-19(16-8-6-7-15(13-16)14-11-12-14)23-24(20(18)22(26)28-2)17-9-4-3-5-10-17/h3-10,13-14H,11-12H2,1-2H3. The van der Waals surface area contributed by atoms with Gasteiger partial charge in [0.05, 0.1) is 19.9 Å². The van der Waals surface area contributed by atoms with E-state index in [0.29, 0.717) is 17.3 Å². The normalized spacial score (nSPS) is 13.2. The molecule has 1 fully saturated rings. The summed E-state index contributed by atoms with van der Waals surface area (Å²) in [6.07, 6.45) is 2.33. The number of hydrogen-bond donors (Lipinski definition) is 0. The summed E-state index contributed by atoms with van der Waals surface area (Å²) in [4.78, 5) is 25.2. The van der Waals surface area contributed by atoms with Crippen LogP contribution >= 0.6 is 0 Å². The summed E-state index contributed by atoms with van der Waals surface area (Å²) in [5.74, 6) is -0.728. The average Bonchev–Trinajstić information content (AvgIpc) is 3.53. The number of carbonyl (C=O) groups excluding carboxylic acids is 2. The zero-order valence-electron chi connectivity index (χ0n) is 15.7. The highest BCUT2D eigenvalue weighted by Gasteiger charge is 2.32. The van der Waals surface area contributed by atoms with Crippen LogP contribution in [0.5, 0.6) is 0 Å². The lowest BCUT2D eigenvalue weighted by molar-refractivity contribution is 0.0549. The van der Waals surface area contributed by atoms with E-state index >= 15 is 0 Å². The van der Waals surface area contributed by atoms with Gasteiger partial charge in [0, 0.05) is 5.56 Å². The molecule has 1 aromatic heterocycles. The van der Waals surface area contributed by atoms with Crippen LogP contribution in [0.25, 0.3) is 16.9 Å². The van der Waals surface area contributed by atoms with Crippen molar-refractivity contribution in [2.75, 3.05) is 14.2 Å². The smallest absolute Gasteiger partial charge is 0.357 e. The molecule has 0 bridgehead atoms. The first-order valence-electron chi connectivity index (χ1n) is 9.09. The van der Waals surface area contributed by atoms with Gasteiger partial charge >= 0.3 is 11.9 Å². The van der Waals surface area contributed by atoms with Crippen molar-refractivity contribution in [3.05, 3.63) is 71.4 Å². The maximum atomic E-state index is 12.6. The Balaban J connectivity index is 1.97. The van der Waals surface area contributed by atoms with Gasteiger partial charge in [-0.05, 0) is 42.5 Å². The number of rotatable bonds is 5. The fraction of sp³-hybridized carbons (Fsp3) is 0.227. The zero-order chi connectivity index (χ0) is 19.7. The van der Waals surface area contributed by atoms with Crippen LogP contribution in [-0.4, -0.2) is 35.9 Å². The Morgan fingerprint density at radius 2 is 1.68 bits per heavy atom. The number of aromatic nitrogens is 2. The second kappa shape index (κ2) is 7.31. The first-order valence-corrected chi connectivity index (χ1v) is 9.09. The number of esters is 2. The molecular weight excluding hydrogens is 356 g/mol. The number of methoxy groups -OCH3 is 2. The van der Waals surface area contributed by atoms with Gasteiger partial charge < -0.3 is 9.47 Å². The van der Waals surface area contributed by atoms with E-state index in [1.54, 1.807) is 0 Å². The van der Waals surface area contributed by atoms with Gasteiger partial charge in [-0.3, -0.25) is 0 Å². The van der Waals surface area contributed by atoms with Gasteiger partial charge in [0.15, 0.2) is 5.69 Å². The van der Waals surface area contributed by atoms with Crippen LogP contribution in [0, 0.1) is 0 Å². The molecule has 1 aliphatic rings. The van der Waals surface area contributed by atoms with E-state index in [-0.39, 0.29) is 11.3 Å². The fourth-order valence-electron chi connectivity index (χ4n) is 3.31. The molecule has 0 unspecified atom stereocenters. The predicted molar refractivity (Wildman–Crippen MR) is 104 cm³/mol. The second-order valence-electron chi connectivity index (χ2n) is 6.70. The summed E-state index contributed by atoms with van der Waals surface area (Å²) in [6.45, 7) is 0. The lowest BCUT2D eigenvalue weighted by Crippen LogP contribution is -2.15. The van der Waals surface area contributed by atoms with Crippen molar-refractivity contribution >= 4 is 11.9 Å². The summed E-state index contributed by atoms with van der Waals surface area (Å²) >= 11 is 0. The molecular formula is C22H20N2O4. The molecule has 1 heterocycles. The number of ether oxygens (including phenoxy) is 2. The number of nitrogens with zero attached hydrogens (tertiary/aromatic N) is 2. The SMILES string of the molecule is COC(=O)c1c(-c2cccc(C3CC3)c2)nn(-c2ccccc2)c1C(=O)OC. The van der Waals surface area contributed by atoms with E-state index in [9.17, 15) is 9.59 Å². The Kier molecular flexibility index (Phi) is 4.69. The summed E-state index contributed by atoms with van der Waals surface area (Å²) in [6, 6.07) is 17.1. The largest absolute Gasteiger partial charge is 0.465 e. The van der Waals surface area contributed by atoms with Crippen molar-refractivity contribution < 1.29 is 19.1 Å². The van der Waals surface area contributed by atoms with Crippen LogP contribution in [0.1, 0.15) is 45.2 Å². The van der Waals surface area contributed by atoms with E-state index in [4.69, 9.17) is 9.47 Å². The second-order valence-corrected chi connectivity index (χ2v) is 6.70. The maximum Gasteiger partial charge on any atom is 0.357 e. The van der Waals surface area contributed by atoms with Gasteiger partial charge in [0.1, 0.15) is 11.3 Å². The van der Waals surface area contributed by atoms with Crippen LogP contribution < -0.4 is 0 Å². The monoisotopic (exact) mass is 376 g/mol. The number of para-hydroxylation sites is 1. The number of carbonyl (C=O) groups is 2. The topological polar surface area (TPSA) is 70.4 Å². The van der Waals surface area contributed by atoms with E-state index in [1.165, 1.54) is 37.3 Å². The molecule has 0 N–H and O–H groups in total. The third kappa shape index (κ3) is 3.17. The van der Waals surface area contributed by atoms with Crippen molar-refractivity contribution in [1.82, 2.24) is 9.78 Å². The lowest BCUT2D eigenvalue weighted by atomic mass is 10.0. The maximum absolute atomic E-state index is 12.6. The third-order valence-corrected chi connectivity index (χ3v) is 4.86. The Morgan fingerprint density at radius 1 is 0.964 bits per heavy atom. The van der Waals surface area contributed by atoms with Gasteiger partial charge in [-0.2, -0.15) is 5.10 Å². The molecule has 0 spiro atoms. The quantitative estimate of drug-likeness (QED) is 0.630. The van der Waals surface area contributed by atoms with Crippen molar-refractivity contribution in [2.24, 2.45) is 0 Å². The van der Waals surface area contributed by atoms with Gasteiger partial charge in [-0.25, -0.2) is 14.3 Å². The highest BCUT2D eigenvalue weighted by molar-refractivity contribution is 6.06. The molecule has 28 heavy (non-hydrogen) atoms. The van der Waals surface area contributed by atoms with Crippen LogP contribution in [0.15, 0.2) is 54.6 Å². The summed E-state index contributed by atoms with van der Waals surface area (Å²) in [7, 11) is 2.56. The summed E-state index contributed by atoms with van der Waals surface area (Å²) < 4.78 is 11.4. The molecule has 142 valence electrons. The Labute approximate surface area is 162 Å². The van der Waals surface area contributed by atoms with Crippen LogP contribution in [-0.2, 0) is 9.47 Å². The molecule has 6 nitrogen and oxygen atoms in total. The minimum absolute atomic E-state index is 0.0485. The molecule has 1 saturated carbocycles. The minimum atomic E-state index is -0.652. The molecule has 3 aromatic rings. The highest BCUT2D eigenvalue weighted by atomic mass is 16.5. The Morgan fingerprint density at radius 3 is 2.32 bits per heavy atom. The first kappa shape index (κ1) is 18.0. The Bertz CT molecular complexity index is 1040. The van der Waals surface area contributed by atoms with E-state index in [1.807, 2.05) is 48.5 Å². The Hall–Kier alpha value is -3.41. The molecule has 6 heteroatoms. The van der Waals surface area contributed by atoms with Crippen molar-refractivity contribution in [3.8, 4) is 16.9 Å². The molecule has 2 aromatic carbocycles. The van der Waals surface area contributed by atoms with Crippen LogP contribution in [0.3, 0.4) is 0 Å². The molecule has 0 atom stereocenters. The zero-order valence-corrected chi connectivity index (χ0v) is 15.7. The van der Waals surface area contributed by atoms with E-state index in [2.05, 4.69) is 11.2 Å². The van der Waals surface area contributed by atoms with Crippen LogP contribution in [0.4, 0.5) is 0 Å². The molecule has 0 amide bonds. The average molecular weight is 376 g/mol. The molecule has 1 aliphatic carbocycles. The van der Waals surface area contributed by atoms with Crippen molar-refractivity contribution in [2.45, 2.75) is 18.8 Å². The third-order valence-electron chi connectivity index (χ3n) is 4.86. The summed E-state index contributed by atoms with van der Waals surface area (Å²) in [5, 5.41) is 4.62. The van der Waals surface area contributed by atoms with Gasteiger partial charge in [0.25, 0.3) is 0 Å². The van der Waals surface area contributed by atoms with Gasteiger partial charge in [-0.15, -0.1) is 0 Å². The van der Waals surface area contributed by atoms with Crippen LogP contribution in [0.2, 0.25) is 0 Å². The number of benzene rings is 2. The van der Waals surface area contributed by atoms with E-state index < -0.39 is 11.9 Å². The predicted octanol–water partition coefficient (Wildman–Crippen LogP) is 3.99. The summed E-state index contributed by atoms with van der Waals surface area (Å²) in [5.41, 5.74) is 3.18. The van der Waals surface area contributed by atoms with Gasteiger partial charge in [0.2, 0.25) is 0 Å². The number of hydrogen-bond acceptors (Lipinski definition) is 5. The van der Waals surface area contributed by atoms with Crippen molar-refractivity contribution in [1.29, 1.82) is 0 Å². The highest BCUT2D eigenvalue weighted by Crippen LogP contribution is 2.41. The first-order chi connectivity index (χ1) is 13.6. The minimum Gasteiger partial charge on any atom is -0.465 e.